The molecule has 0 bridgehead atoms. The van der Waals surface area contributed by atoms with Crippen molar-refractivity contribution in [2.75, 3.05) is 13.1 Å². The topological polar surface area (TPSA) is 74.7 Å². The van der Waals surface area contributed by atoms with Crippen LogP contribution < -0.4 is 0 Å². The van der Waals surface area contributed by atoms with Crippen molar-refractivity contribution in [3.8, 4) is 0 Å². The van der Waals surface area contributed by atoms with Crippen LogP contribution in [0.2, 0.25) is 0 Å². The largest absolute Gasteiger partial charge is 0.478 e. The maximum absolute atomic E-state index is 12.8. The van der Waals surface area contributed by atoms with Gasteiger partial charge in [0.1, 0.15) is 0 Å². The molecule has 1 fully saturated rings. The van der Waals surface area contributed by atoms with Gasteiger partial charge in [0.2, 0.25) is 10.0 Å². The molecule has 21 heavy (non-hydrogen) atoms. The van der Waals surface area contributed by atoms with Gasteiger partial charge in [0.15, 0.2) is 0 Å². The minimum atomic E-state index is -3.64. The van der Waals surface area contributed by atoms with Crippen molar-refractivity contribution in [1.29, 1.82) is 0 Å². The Balaban J connectivity index is 2.45. The van der Waals surface area contributed by atoms with Gasteiger partial charge in [0, 0.05) is 13.1 Å². The van der Waals surface area contributed by atoms with Crippen LogP contribution in [0.1, 0.15) is 36.2 Å². The van der Waals surface area contributed by atoms with Crippen LogP contribution in [0, 0.1) is 18.8 Å². The van der Waals surface area contributed by atoms with E-state index >= 15 is 0 Å². The molecule has 1 saturated heterocycles. The molecule has 0 spiro atoms. The molecule has 2 unspecified atom stereocenters. The lowest BCUT2D eigenvalue weighted by Crippen LogP contribution is -2.42. The van der Waals surface area contributed by atoms with Crippen molar-refractivity contribution >= 4 is 16.0 Å². The molecule has 0 aromatic heterocycles. The smallest absolute Gasteiger partial charge is 0.335 e. The number of benzene rings is 1. The molecular weight excluding hydrogens is 290 g/mol. The molecule has 1 heterocycles. The van der Waals surface area contributed by atoms with Crippen molar-refractivity contribution < 1.29 is 18.3 Å². The van der Waals surface area contributed by atoms with Crippen LogP contribution in [0.15, 0.2) is 23.1 Å². The first-order valence-electron chi connectivity index (χ1n) is 7.06. The Morgan fingerprint density at radius 2 is 1.81 bits per heavy atom. The first-order valence-corrected chi connectivity index (χ1v) is 8.50. The number of nitrogens with zero attached hydrogens (tertiary/aromatic N) is 1. The molecule has 6 heteroatoms. The normalized spacial score (nSPS) is 24.0. The van der Waals surface area contributed by atoms with E-state index in [1.54, 1.807) is 6.92 Å². The summed E-state index contributed by atoms with van der Waals surface area (Å²) in [6, 6.07) is 4.40. The predicted octanol–water partition coefficient (Wildman–Crippen LogP) is 2.36. The highest BCUT2D eigenvalue weighted by Gasteiger charge is 2.33. The van der Waals surface area contributed by atoms with Crippen molar-refractivity contribution in [1.82, 2.24) is 4.31 Å². The zero-order valence-electron chi connectivity index (χ0n) is 12.5. The summed E-state index contributed by atoms with van der Waals surface area (Å²) in [5.74, 6) is -0.483. The molecule has 0 aliphatic carbocycles. The zero-order valence-corrected chi connectivity index (χ0v) is 13.4. The first kappa shape index (κ1) is 16.0. The zero-order chi connectivity index (χ0) is 15.8. The van der Waals surface area contributed by atoms with Crippen LogP contribution in [0.25, 0.3) is 0 Å². The molecule has 0 saturated carbocycles. The van der Waals surface area contributed by atoms with E-state index in [1.165, 1.54) is 22.5 Å². The minimum absolute atomic E-state index is 0.0363. The predicted molar refractivity (Wildman–Crippen MR) is 79.8 cm³/mol. The van der Waals surface area contributed by atoms with E-state index in [-0.39, 0.29) is 10.5 Å². The third-order valence-electron chi connectivity index (χ3n) is 3.97. The van der Waals surface area contributed by atoms with Crippen LogP contribution in [0.3, 0.4) is 0 Å². The number of rotatable bonds is 3. The van der Waals surface area contributed by atoms with Gasteiger partial charge in [0.05, 0.1) is 10.5 Å². The fourth-order valence-corrected chi connectivity index (χ4v) is 4.99. The molecule has 1 aromatic rings. The number of piperidine rings is 1. The summed E-state index contributed by atoms with van der Waals surface area (Å²) in [7, 11) is -3.64. The molecule has 1 N–H and O–H groups in total. The summed E-state index contributed by atoms with van der Waals surface area (Å²) in [6.45, 7) is 6.61. The summed E-state index contributed by atoms with van der Waals surface area (Å²) >= 11 is 0. The highest BCUT2D eigenvalue weighted by molar-refractivity contribution is 7.89. The Morgan fingerprint density at radius 3 is 2.33 bits per heavy atom. The Bertz CT molecular complexity index is 644. The maximum atomic E-state index is 12.8. The van der Waals surface area contributed by atoms with E-state index in [2.05, 4.69) is 0 Å². The first-order chi connectivity index (χ1) is 9.73. The van der Waals surface area contributed by atoms with Crippen LogP contribution in [-0.2, 0) is 10.0 Å². The van der Waals surface area contributed by atoms with E-state index in [1.807, 2.05) is 13.8 Å². The highest BCUT2D eigenvalue weighted by Crippen LogP contribution is 2.29. The second-order valence-corrected chi connectivity index (χ2v) is 7.91. The van der Waals surface area contributed by atoms with Gasteiger partial charge < -0.3 is 5.11 Å². The lowest BCUT2D eigenvalue weighted by atomic mass is 9.94. The molecule has 1 aliphatic heterocycles. The molecule has 2 rings (SSSR count). The Labute approximate surface area is 125 Å². The second kappa shape index (κ2) is 5.77. The number of sulfonamides is 1. The fourth-order valence-electron chi connectivity index (χ4n) is 3.07. The number of hydrogen-bond donors (Lipinski definition) is 1. The van der Waals surface area contributed by atoms with E-state index in [9.17, 15) is 13.2 Å². The Morgan fingerprint density at radius 1 is 1.24 bits per heavy atom. The molecule has 116 valence electrons. The van der Waals surface area contributed by atoms with Crippen molar-refractivity contribution in [3.63, 3.8) is 0 Å². The molecule has 1 aromatic carbocycles. The minimum Gasteiger partial charge on any atom is -0.478 e. The maximum Gasteiger partial charge on any atom is 0.335 e. The molecule has 1 aliphatic rings. The quantitative estimate of drug-likeness (QED) is 0.930. The standard InChI is InChI=1S/C15H21NO4S/c1-10-7-11(2)9-16(8-10)21(19,20)14-6-4-5-13(12(14)3)15(17)18/h4-6,10-11H,7-9H2,1-3H3,(H,17,18). The fraction of sp³-hybridized carbons (Fsp3) is 0.533. The second-order valence-electron chi connectivity index (χ2n) is 6.00. The van der Waals surface area contributed by atoms with Gasteiger partial charge in [-0.05, 0) is 42.9 Å². The monoisotopic (exact) mass is 311 g/mol. The Hall–Kier alpha value is -1.40. The molecule has 2 atom stereocenters. The van der Waals surface area contributed by atoms with Crippen LogP contribution in [0.5, 0.6) is 0 Å². The van der Waals surface area contributed by atoms with Gasteiger partial charge in [0.25, 0.3) is 0 Å². The lowest BCUT2D eigenvalue weighted by Gasteiger charge is -2.34. The molecule has 5 nitrogen and oxygen atoms in total. The molecule has 0 amide bonds. The lowest BCUT2D eigenvalue weighted by molar-refractivity contribution is 0.0695. The third-order valence-corrected chi connectivity index (χ3v) is 5.94. The van der Waals surface area contributed by atoms with Gasteiger partial charge in [-0.25, -0.2) is 13.2 Å². The summed E-state index contributed by atoms with van der Waals surface area (Å²) < 4.78 is 27.1. The Kier molecular flexibility index (Phi) is 4.39. The van der Waals surface area contributed by atoms with Gasteiger partial charge in [-0.2, -0.15) is 4.31 Å². The van der Waals surface area contributed by atoms with Crippen LogP contribution in [-0.4, -0.2) is 36.9 Å². The number of carboxylic acid groups (broad SMARTS) is 1. The van der Waals surface area contributed by atoms with Crippen molar-refractivity contribution in [2.24, 2.45) is 11.8 Å². The van der Waals surface area contributed by atoms with Crippen LogP contribution in [0.4, 0.5) is 0 Å². The molecular formula is C15H21NO4S. The van der Waals surface area contributed by atoms with Crippen molar-refractivity contribution in [2.45, 2.75) is 32.1 Å². The van der Waals surface area contributed by atoms with Gasteiger partial charge in [-0.1, -0.05) is 19.9 Å². The van der Waals surface area contributed by atoms with E-state index in [0.29, 0.717) is 30.5 Å². The van der Waals surface area contributed by atoms with Crippen molar-refractivity contribution in [3.05, 3.63) is 29.3 Å². The van der Waals surface area contributed by atoms with E-state index in [0.717, 1.165) is 6.42 Å². The van der Waals surface area contributed by atoms with E-state index < -0.39 is 16.0 Å². The summed E-state index contributed by atoms with van der Waals surface area (Å²) in [4.78, 5) is 11.3. The third kappa shape index (κ3) is 3.11. The number of aromatic carboxylic acids is 1. The SMILES string of the molecule is Cc1c(C(=O)O)cccc1S(=O)(=O)N1CC(C)CC(C)C1. The average Bonchev–Trinajstić information content (AvgIpc) is 2.37. The van der Waals surface area contributed by atoms with Gasteiger partial charge >= 0.3 is 5.97 Å². The van der Waals surface area contributed by atoms with Gasteiger partial charge in [-0.3, -0.25) is 0 Å². The number of carbonyl (C=O) groups is 1. The molecule has 0 radical (unpaired) electrons. The highest BCUT2D eigenvalue weighted by atomic mass is 32.2. The van der Waals surface area contributed by atoms with Gasteiger partial charge in [-0.15, -0.1) is 0 Å². The van der Waals surface area contributed by atoms with E-state index in [4.69, 9.17) is 5.11 Å². The average molecular weight is 311 g/mol. The summed E-state index contributed by atoms with van der Waals surface area (Å²) in [5.41, 5.74) is 0.338. The number of carboxylic acids is 1. The summed E-state index contributed by atoms with van der Waals surface area (Å²) in [5, 5.41) is 9.14. The van der Waals surface area contributed by atoms with Crippen LogP contribution >= 0.6 is 0 Å². The number of hydrogen-bond acceptors (Lipinski definition) is 3. The summed E-state index contributed by atoms with van der Waals surface area (Å²) in [6.07, 6.45) is 1.01.